The van der Waals surface area contributed by atoms with Gasteiger partial charge in [-0.3, -0.25) is 4.79 Å². The maximum absolute atomic E-state index is 12.9. The molecule has 2 rings (SSSR count). The van der Waals surface area contributed by atoms with Crippen molar-refractivity contribution in [2.24, 2.45) is 5.73 Å². The third kappa shape index (κ3) is 2.58. The number of halogens is 3. The van der Waals surface area contributed by atoms with Crippen LogP contribution in [0.1, 0.15) is 11.1 Å². The van der Waals surface area contributed by atoms with E-state index in [0.29, 0.717) is 6.07 Å². The highest BCUT2D eigenvalue weighted by atomic mass is 19.4. The summed E-state index contributed by atoms with van der Waals surface area (Å²) < 4.78 is 48.0. The van der Waals surface area contributed by atoms with Gasteiger partial charge in [0.1, 0.15) is 12.9 Å². The van der Waals surface area contributed by atoms with E-state index in [2.05, 4.69) is 4.74 Å². The number of nitrogens with two attached hydrogens (primary N) is 1. The molecule has 0 aromatic rings. The molecule has 0 aromatic heterocycles. The monoisotopic (exact) mass is 287 g/mol. The van der Waals surface area contributed by atoms with Crippen molar-refractivity contribution in [3.05, 3.63) is 46.0 Å². The molecule has 2 aliphatic rings. The second kappa shape index (κ2) is 4.87. The van der Waals surface area contributed by atoms with E-state index >= 15 is 0 Å². The molecule has 0 saturated heterocycles. The zero-order valence-electron chi connectivity index (χ0n) is 9.86. The summed E-state index contributed by atoms with van der Waals surface area (Å²) in [5.74, 6) is 0. The summed E-state index contributed by atoms with van der Waals surface area (Å²) >= 11 is 0. The summed E-state index contributed by atoms with van der Waals surface area (Å²) in [5.41, 5.74) is 2.37. The number of rotatable bonds is 2. The molecule has 0 fully saturated rings. The number of fused-ring (bicyclic) bond motifs is 1. The summed E-state index contributed by atoms with van der Waals surface area (Å²) in [6.45, 7) is -0.690. The van der Waals surface area contributed by atoms with Crippen molar-refractivity contribution in [2.45, 2.75) is 12.8 Å². The Bertz CT molecular complexity index is 677. The Labute approximate surface area is 110 Å². The number of hydrogen-bond donors (Lipinski definition) is 1. The Balaban J connectivity index is 2.70. The van der Waals surface area contributed by atoms with Crippen LogP contribution in [0.4, 0.5) is 18.0 Å². The van der Waals surface area contributed by atoms with Crippen molar-refractivity contribution in [2.75, 3.05) is 0 Å². The van der Waals surface area contributed by atoms with Crippen LogP contribution < -0.4 is 11.2 Å². The smallest absolute Gasteiger partial charge is 0.416 e. The molecule has 1 amide bonds. The normalized spacial score (nSPS) is 11.6. The molecule has 0 radical (unpaired) electrons. The predicted molar refractivity (Wildman–Crippen MR) is 61.0 cm³/mol. The van der Waals surface area contributed by atoms with Crippen LogP contribution in [0.3, 0.4) is 0 Å². The predicted octanol–water partition coefficient (Wildman–Crippen LogP) is 2.36. The van der Waals surface area contributed by atoms with Crippen LogP contribution in [-0.2, 0) is 17.5 Å². The second-order valence-corrected chi connectivity index (χ2v) is 3.89. The summed E-state index contributed by atoms with van der Waals surface area (Å²) in [6, 6.07) is 1.64. The minimum Gasteiger partial charge on any atom is -0.472 e. The van der Waals surface area contributed by atoms with Gasteiger partial charge in [0.2, 0.25) is 0 Å². The highest BCUT2D eigenvalue weighted by molar-refractivity contribution is 5.70. The van der Waals surface area contributed by atoms with Gasteiger partial charge in [0.25, 0.3) is 0 Å². The number of alkyl halides is 3. The zero-order chi connectivity index (χ0) is 14.9. The topological polar surface area (TPSA) is 82.5 Å². The standard InChI is InChI=1S/C12H8F3NO4/c13-12(14,15)9-3-10(17)8-4-19-2-1-6(8)7(9)5-20-11(16)18/h1-4H,5H2,(H2,16,18). The molecule has 0 saturated carbocycles. The summed E-state index contributed by atoms with van der Waals surface area (Å²) in [6.07, 6.45) is -3.81. The van der Waals surface area contributed by atoms with E-state index < -0.39 is 29.9 Å². The number of amides is 1. The molecule has 0 aromatic carbocycles. The lowest BCUT2D eigenvalue weighted by molar-refractivity contribution is -0.138. The summed E-state index contributed by atoms with van der Waals surface area (Å²) in [7, 11) is 0. The molecule has 0 unspecified atom stereocenters. The molecular formula is C12H8F3NO4. The van der Waals surface area contributed by atoms with E-state index in [1.165, 1.54) is 6.07 Å². The average molecular weight is 287 g/mol. The van der Waals surface area contributed by atoms with Crippen molar-refractivity contribution >= 4 is 6.09 Å². The third-order valence-corrected chi connectivity index (χ3v) is 2.64. The van der Waals surface area contributed by atoms with Crippen LogP contribution in [0.5, 0.6) is 0 Å². The molecule has 1 heterocycles. The second-order valence-electron chi connectivity index (χ2n) is 3.89. The minimum absolute atomic E-state index is 0.00248. The first-order valence-corrected chi connectivity index (χ1v) is 5.32. The quantitative estimate of drug-likeness (QED) is 0.919. The fourth-order valence-corrected chi connectivity index (χ4v) is 1.81. The maximum Gasteiger partial charge on any atom is 0.416 e. The zero-order valence-corrected chi connectivity index (χ0v) is 9.86. The number of carbonyl (C=O) groups is 1. The van der Waals surface area contributed by atoms with E-state index in [1.807, 2.05) is 0 Å². The van der Waals surface area contributed by atoms with Gasteiger partial charge in [0.15, 0.2) is 5.43 Å². The molecule has 0 atom stereocenters. The van der Waals surface area contributed by atoms with Crippen LogP contribution in [0.25, 0.3) is 11.1 Å². The van der Waals surface area contributed by atoms with Gasteiger partial charge in [-0.05, 0) is 17.7 Å². The first kappa shape index (κ1) is 13.9. The SMILES string of the molecule is NC(=O)OCc1c2ccocc-2c(=O)cc1C(F)(F)F. The van der Waals surface area contributed by atoms with Crippen molar-refractivity contribution in [3.8, 4) is 11.1 Å². The maximum atomic E-state index is 12.9. The van der Waals surface area contributed by atoms with E-state index in [9.17, 15) is 22.8 Å². The number of hydrogen-bond acceptors (Lipinski definition) is 4. The van der Waals surface area contributed by atoms with Crippen LogP contribution in [0, 0.1) is 0 Å². The van der Waals surface area contributed by atoms with Crippen LogP contribution in [-0.4, -0.2) is 6.09 Å². The van der Waals surface area contributed by atoms with Gasteiger partial charge in [0.05, 0.1) is 17.4 Å². The molecule has 0 spiro atoms. The summed E-state index contributed by atoms with van der Waals surface area (Å²) in [5, 5.41) is 0. The van der Waals surface area contributed by atoms with E-state index in [4.69, 9.17) is 10.2 Å². The number of ether oxygens (including phenoxy) is 1. The van der Waals surface area contributed by atoms with Gasteiger partial charge in [-0.25, -0.2) is 4.79 Å². The number of carbonyl (C=O) groups excluding carboxylic acids is 1. The van der Waals surface area contributed by atoms with Gasteiger partial charge in [-0.1, -0.05) is 0 Å². The molecule has 20 heavy (non-hydrogen) atoms. The largest absolute Gasteiger partial charge is 0.472 e. The first-order valence-electron chi connectivity index (χ1n) is 5.32. The Hall–Kier alpha value is -2.51. The number of primary amides is 1. The first-order chi connectivity index (χ1) is 9.30. The molecule has 1 aliphatic heterocycles. The van der Waals surface area contributed by atoms with Crippen molar-refractivity contribution in [1.29, 1.82) is 0 Å². The molecular weight excluding hydrogens is 279 g/mol. The van der Waals surface area contributed by atoms with E-state index in [1.54, 1.807) is 0 Å². The van der Waals surface area contributed by atoms with Crippen LogP contribution in [0.2, 0.25) is 0 Å². The lowest BCUT2D eigenvalue weighted by Gasteiger charge is -2.17. The van der Waals surface area contributed by atoms with E-state index in [0.717, 1.165) is 12.5 Å². The van der Waals surface area contributed by atoms with Crippen molar-refractivity contribution in [1.82, 2.24) is 0 Å². The Morgan fingerprint density at radius 1 is 1.35 bits per heavy atom. The Morgan fingerprint density at radius 3 is 2.65 bits per heavy atom. The lowest BCUT2D eigenvalue weighted by atomic mass is 9.95. The fourth-order valence-electron chi connectivity index (χ4n) is 1.81. The molecule has 1 aliphatic carbocycles. The van der Waals surface area contributed by atoms with Crippen LogP contribution in [0.15, 0.2) is 33.9 Å². The summed E-state index contributed by atoms with van der Waals surface area (Å²) in [4.78, 5) is 22.2. The molecule has 0 bridgehead atoms. The van der Waals surface area contributed by atoms with Gasteiger partial charge in [0, 0.05) is 5.56 Å². The van der Waals surface area contributed by atoms with E-state index in [-0.39, 0.29) is 16.7 Å². The van der Waals surface area contributed by atoms with Gasteiger partial charge >= 0.3 is 12.3 Å². The minimum atomic E-state index is -4.75. The Morgan fingerprint density at radius 2 is 2.05 bits per heavy atom. The van der Waals surface area contributed by atoms with Crippen LogP contribution >= 0.6 is 0 Å². The third-order valence-electron chi connectivity index (χ3n) is 2.64. The highest BCUT2D eigenvalue weighted by Crippen LogP contribution is 2.36. The highest BCUT2D eigenvalue weighted by Gasteiger charge is 2.36. The molecule has 8 heteroatoms. The van der Waals surface area contributed by atoms with Gasteiger partial charge in [-0.15, -0.1) is 0 Å². The lowest BCUT2D eigenvalue weighted by Crippen LogP contribution is -2.20. The van der Waals surface area contributed by atoms with Crippen molar-refractivity contribution < 1.29 is 27.1 Å². The molecule has 2 N–H and O–H groups in total. The Kier molecular flexibility index (Phi) is 3.39. The molecule has 5 nitrogen and oxygen atoms in total. The fraction of sp³-hybridized carbons (Fsp3) is 0.167. The van der Waals surface area contributed by atoms with Crippen molar-refractivity contribution in [3.63, 3.8) is 0 Å². The van der Waals surface area contributed by atoms with Gasteiger partial charge < -0.3 is 14.9 Å². The molecule has 106 valence electrons. The van der Waals surface area contributed by atoms with Gasteiger partial charge in [-0.2, -0.15) is 13.2 Å². The average Bonchev–Trinajstić information content (AvgIpc) is 2.36. The number of benzene rings is 1.